The molecule has 1 N–H and O–H groups in total. The van der Waals surface area contributed by atoms with Crippen molar-refractivity contribution in [3.05, 3.63) is 46.7 Å². The fraction of sp³-hybridized carbons (Fsp3) is 0.400. The van der Waals surface area contributed by atoms with Crippen LogP contribution in [0.5, 0.6) is 0 Å². The Morgan fingerprint density at radius 1 is 1.41 bits per heavy atom. The van der Waals surface area contributed by atoms with Gasteiger partial charge in [0.1, 0.15) is 5.69 Å². The SMILES string of the molecule is O=C(NC[C@@H](c1cccs1)N1CCOCC1)c1cnccn1. The normalized spacial score (nSPS) is 17.1. The van der Waals surface area contributed by atoms with Gasteiger partial charge in [0.2, 0.25) is 0 Å². The summed E-state index contributed by atoms with van der Waals surface area (Å²) < 4.78 is 5.42. The highest BCUT2D eigenvalue weighted by atomic mass is 32.1. The molecule has 3 heterocycles. The molecular formula is C15H18N4O2S. The quantitative estimate of drug-likeness (QED) is 0.901. The molecule has 22 heavy (non-hydrogen) atoms. The third-order valence-corrected chi connectivity index (χ3v) is 4.58. The second-order valence-electron chi connectivity index (χ2n) is 4.98. The molecule has 2 aromatic heterocycles. The van der Waals surface area contributed by atoms with E-state index in [9.17, 15) is 4.79 Å². The Morgan fingerprint density at radius 3 is 2.95 bits per heavy atom. The van der Waals surface area contributed by atoms with E-state index in [2.05, 4.69) is 31.6 Å². The zero-order valence-corrected chi connectivity index (χ0v) is 13.0. The molecule has 1 aliphatic rings. The van der Waals surface area contributed by atoms with Crippen LogP contribution in [0.4, 0.5) is 0 Å². The van der Waals surface area contributed by atoms with Crippen molar-refractivity contribution in [3.63, 3.8) is 0 Å². The van der Waals surface area contributed by atoms with Gasteiger partial charge in [-0.15, -0.1) is 11.3 Å². The van der Waals surface area contributed by atoms with Gasteiger partial charge in [-0.25, -0.2) is 4.98 Å². The van der Waals surface area contributed by atoms with Crippen molar-refractivity contribution in [2.45, 2.75) is 6.04 Å². The number of rotatable bonds is 5. The van der Waals surface area contributed by atoms with Crippen LogP contribution in [0.1, 0.15) is 21.4 Å². The van der Waals surface area contributed by atoms with Crippen LogP contribution in [0, 0.1) is 0 Å². The van der Waals surface area contributed by atoms with Gasteiger partial charge in [0.25, 0.3) is 5.91 Å². The van der Waals surface area contributed by atoms with E-state index in [1.807, 2.05) is 6.07 Å². The average Bonchev–Trinajstić information content (AvgIpc) is 3.11. The number of carbonyl (C=O) groups is 1. The van der Waals surface area contributed by atoms with E-state index in [4.69, 9.17) is 4.74 Å². The van der Waals surface area contributed by atoms with Crippen LogP contribution in [0.25, 0.3) is 0 Å². The van der Waals surface area contributed by atoms with Crippen LogP contribution in [0.15, 0.2) is 36.1 Å². The summed E-state index contributed by atoms with van der Waals surface area (Å²) in [6.07, 6.45) is 4.55. The molecule has 1 fully saturated rings. The number of morpholine rings is 1. The molecule has 0 bridgehead atoms. The molecule has 1 saturated heterocycles. The van der Waals surface area contributed by atoms with Gasteiger partial charge in [-0.3, -0.25) is 14.7 Å². The van der Waals surface area contributed by atoms with E-state index >= 15 is 0 Å². The monoisotopic (exact) mass is 318 g/mol. The lowest BCUT2D eigenvalue weighted by atomic mass is 10.2. The lowest BCUT2D eigenvalue weighted by Crippen LogP contribution is -2.43. The average molecular weight is 318 g/mol. The Kier molecular flexibility index (Phi) is 5.10. The highest BCUT2D eigenvalue weighted by molar-refractivity contribution is 7.10. The molecule has 116 valence electrons. The first-order valence-electron chi connectivity index (χ1n) is 7.24. The molecule has 0 unspecified atom stereocenters. The highest BCUT2D eigenvalue weighted by Crippen LogP contribution is 2.25. The summed E-state index contributed by atoms with van der Waals surface area (Å²) in [6, 6.07) is 4.32. The predicted octanol–water partition coefficient (Wildman–Crippen LogP) is 1.34. The van der Waals surface area contributed by atoms with Crippen molar-refractivity contribution in [1.82, 2.24) is 20.2 Å². The minimum absolute atomic E-state index is 0.171. The summed E-state index contributed by atoms with van der Waals surface area (Å²) in [6.45, 7) is 3.78. The first-order chi connectivity index (χ1) is 10.8. The molecule has 0 aliphatic carbocycles. The summed E-state index contributed by atoms with van der Waals surface area (Å²) in [7, 11) is 0. The van der Waals surface area contributed by atoms with Gasteiger partial charge in [0.05, 0.1) is 25.5 Å². The summed E-state index contributed by atoms with van der Waals surface area (Å²) in [4.78, 5) is 23.7. The number of carbonyl (C=O) groups excluding carboxylic acids is 1. The van der Waals surface area contributed by atoms with Gasteiger partial charge >= 0.3 is 0 Å². The lowest BCUT2D eigenvalue weighted by molar-refractivity contribution is 0.0169. The Balaban J connectivity index is 1.66. The van der Waals surface area contributed by atoms with Crippen LogP contribution in [0.2, 0.25) is 0 Å². The smallest absolute Gasteiger partial charge is 0.271 e. The zero-order valence-electron chi connectivity index (χ0n) is 12.1. The molecule has 1 aliphatic heterocycles. The van der Waals surface area contributed by atoms with E-state index in [0.29, 0.717) is 12.2 Å². The molecule has 0 spiro atoms. The fourth-order valence-electron chi connectivity index (χ4n) is 2.48. The molecular weight excluding hydrogens is 300 g/mol. The Morgan fingerprint density at radius 2 is 2.27 bits per heavy atom. The highest BCUT2D eigenvalue weighted by Gasteiger charge is 2.24. The fourth-order valence-corrected chi connectivity index (χ4v) is 3.34. The van der Waals surface area contributed by atoms with E-state index < -0.39 is 0 Å². The predicted molar refractivity (Wildman–Crippen MR) is 83.8 cm³/mol. The molecule has 1 atom stereocenters. The van der Waals surface area contributed by atoms with Gasteiger partial charge in [-0.05, 0) is 11.4 Å². The van der Waals surface area contributed by atoms with E-state index in [1.165, 1.54) is 17.3 Å². The molecule has 1 amide bonds. The number of nitrogens with one attached hydrogen (secondary N) is 1. The van der Waals surface area contributed by atoms with Crippen LogP contribution in [0.3, 0.4) is 0 Å². The zero-order chi connectivity index (χ0) is 15.2. The maximum absolute atomic E-state index is 12.1. The van der Waals surface area contributed by atoms with Crippen molar-refractivity contribution in [1.29, 1.82) is 0 Å². The van der Waals surface area contributed by atoms with Crippen molar-refractivity contribution >= 4 is 17.2 Å². The van der Waals surface area contributed by atoms with Crippen molar-refractivity contribution in [3.8, 4) is 0 Å². The van der Waals surface area contributed by atoms with Crippen LogP contribution in [-0.4, -0.2) is 53.6 Å². The Labute approximate surface area is 133 Å². The van der Waals surface area contributed by atoms with E-state index in [0.717, 1.165) is 26.3 Å². The molecule has 3 rings (SSSR count). The number of nitrogens with zero attached hydrogens (tertiary/aromatic N) is 3. The number of thiophene rings is 1. The topological polar surface area (TPSA) is 67.4 Å². The summed E-state index contributed by atoms with van der Waals surface area (Å²) in [5, 5.41) is 5.03. The van der Waals surface area contributed by atoms with Crippen LogP contribution >= 0.6 is 11.3 Å². The van der Waals surface area contributed by atoms with E-state index in [-0.39, 0.29) is 11.9 Å². The summed E-state index contributed by atoms with van der Waals surface area (Å²) in [5.74, 6) is -0.192. The van der Waals surface area contributed by atoms with Crippen molar-refractivity contribution in [2.75, 3.05) is 32.8 Å². The van der Waals surface area contributed by atoms with E-state index in [1.54, 1.807) is 17.5 Å². The first kappa shape index (κ1) is 15.1. The number of hydrogen-bond donors (Lipinski definition) is 1. The van der Waals surface area contributed by atoms with Gasteiger partial charge in [-0.1, -0.05) is 6.07 Å². The van der Waals surface area contributed by atoms with Crippen LogP contribution in [-0.2, 0) is 4.74 Å². The Hall–Kier alpha value is -1.83. The van der Waals surface area contributed by atoms with Gasteiger partial charge < -0.3 is 10.1 Å². The maximum atomic E-state index is 12.1. The van der Waals surface area contributed by atoms with Gasteiger partial charge in [0, 0.05) is 36.9 Å². The van der Waals surface area contributed by atoms with Crippen LogP contribution < -0.4 is 5.32 Å². The Bertz CT molecular complexity index is 585. The third kappa shape index (κ3) is 3.68. The van der Waals surface area contributed by atoms with Crippen molar-refractivity contribution < 1.29 is 9.53 Å². The molecule has 0 saturated carbocycles. The lowest BCUT2D eigenvalue weighted by Gasteiger charge is -2.34. The minimum atomic E-state index is -0.192. The maximum Gasteiger partial charge on any atom is 0.271 e. The molecule has 6 nitrogen and oxygen atoms in total. The molecule has 2 aromatic rings. The number of hydrogen-bond acceptors (Lipinski definition) is 6. The first-order valence-corrected chi connectivity index (χ1v) is 8.12. The standard InChI is InChI=1S/C15H18N4O2S/c20-15(12-10-16-3-4-17-12)18-11-13(14-2-1-9-22-14)19-5-7-21-8-6-19/h1-4,9-10,13H,5-8,11H2,(H,18,20)/t13-/m0/s1. The summed E-state index contributed by atoms with van der Waals surface area (Å²) >= 11 is 1.71. The molecule has 7 heteroatoms. The number of aromatic nitrogens is 2. The largest absolute Gasteiger partial charge is 0.379 e. The molecule has 0 aromatic carbocycles. The van der Waals surface area contributed by atoms with Crippen molar-refractivity contribution in [2.24, 2.45) is 0 Å². The second-order valence-corrected chi connectivity index (χ2v) is 5.96. The van der Waals surface area contributed by atoms with Gasteiger partial charge in [-0.2, -0.15) is 0 Å². The minimum Gasteiger partial charge on any atom is -0.379 e. The number of amides is 1. The molecule has 0 radical (unpaired) electrons. The second kappa shape index (κ2) is 7.44. The summed E-state index contributed by atoms with van der Waals surface area (Å²) in [5.41, 5.74) is 0.342. The number of ether oxygens (including phenoxy) is 1. The third-order valence-electron chi connectivity index (χ3n) is 3.61. The van der Waals surface area contributed by atoms with Gasteiger partial charge in [0.15, 0.2) is 0 Å².